The van der Waals surface area contributed by atoms with Crippen LogP contribution in [-0.4, -0.2) is 35.2 Å². The van der Waals surface area contributed by atoms with Crippen LogP contribution in [-0.2, 0) is 4.79 Å². The number of rotatable bonds is 3. The molecule has 1 N–H and O–H groups in total. The Balaban J connectivity index is 2.07. The first-order valence-corrected chi connectivity index (χ1v) is 7.39. The molecule has 0 radical (unpaired) electrons. The summed E-state index contributed by atoms with van der Waals surface area (Å²) in [4.78, 5) is 12.0. The predicted molar refractivity (Wildman–Crippen MR) is 85.0 cm³/mol. The lowest BCUT2D eigenvalue weighted by Gasteiger charge is -2.27. The Labute approximate surface area is 130 Å². The third-order valence-corrected chi connectivity index (χ3v) is 4.55. The van der Waals surface area contributed by atoms with Gasteiger partial charge in [-0.25, -0.2) is 10.0 Å². The van der Waals surface area contributed by atoms with Gasteiger partial charge in [0.1, 0.15) is 0 Å². The van der Waals surface area contributed by atoms with Crippen LogP contribution in [0.1, 0.15) is 23.2 Å². The van der Waals surface area contributed by atoms with Crippen molar-refractivity contribution in [2.75, 3.05) is 14.1 Å². The molecule has 4 heteroatoms. The summed E-state index contributed by atoms with van der Waals surface area (Å²) in [6.45, 7) is 0. The standard InChI is InChI=1S/C18H20N2O2/c1-19-16(13-9-5-3-6-10-13)15(18(21)22)17(20(19)2)14-11-7-4-8-12-14/h3-12,15-17H,1-2H3,(H,21,22)/t16-,17-/m0/s1. The van der Waals surface area contributed by atoms with Crippen LogP contribution in [0.4, 0.5) is 0 Å². The van der Waals surface area contributed by atoms with E-state index < -0.39 is 11.9 Å². The van der Waals surface area contributed by atoms with E-state index >= 15 is 0 Å². The van der Waals surface area contributed by atoms with Crippen LogP contribution in [0.5, 0.6) is 0 Å². The number of aliphatic carboxylic acids is 1. The lowest BCUT2D eigenvalue weighted by Crippen LogP contribution is -2.32. The van der Waals surface area contributed by atoms with Crippen LogP contribution in [0.25, 0.3) is 0 Å². The van der Waals surface area contributed by atoms with E-state index in [1.54, 1.807) is 0 Å². The van der Waals surface area contributed by atoms with Crippen molar-refractivity contribution in [1.82, 2.24) is 10.0 Å². The van der Waals surface area contributed by atoms with Crippen LogP contribution >= 0.6 is 0 Å². The molecule has 0 aliphatic carbocycles. The molecule has 1 aliphatic heterocycles. The van der Waals surface area contributed by atoms with Gasteiger partial charge in [-0.15, -0.1) is 0 Å². The minimum absolute atomic E-state index is 0.172. The summed E-state index contributed by atoms with van der Waals surface area (Å²) in [7, 11) is 3.91. The molecular weight excluding hydrogens is 276 g/mol. The molecule has 2 aromatic carbocycles. The number of carbonyl (C=O) groups is 1. The fraction of sp³-hybridized carbons (Fsp3) is 0.278. The molecule has 1 fully saturated rings. The van der Waals surface area contributed by atoms with Crippen LogP contribution in [0.3, 0.4) is 0 Å². The number of hydrogen-bond acceptors (Lipinski definition) is 3. The van der Waals surface area contributed by atoms with Crippen molar-refractivity contribution in [3.63, 3.8) is 0 Å². The highest BCUT2D eigenvalue weighted by Crippen LogP contribution is 2.46. The second kappa shape index (κ2) is 5.91. The van der Waals surface area contributed by atoms with Gasteiger partial charge in [0.2, 0.25) is 0 Å². The average molecular weight is 296 g/mol. The molecule has 1 heterocycles. The van der Waals surface area contributed by atoms with Crippen molar-refractivity contribution in [2.24, 2.45) is 5.92 Å². The molecule has 2 atom stereocenters. The maximum absolute atomic E-state index is 12.0. The maximum atomic E-state index is 12.0. The van der Waals surface area contributed by atoms with Gasteiger partial charge in [0, 0.05) is 14.1 Å². The van der Waals surface area contributed by atoms with E-state index in [0.717, 1.165) is 11.1 Å². The number of nitrogens with zero attached hydrogens (tertiary/aromatic N) is 2. The maximum Gasteiger partial charge on any atom is 0.310 e. The number of benzene rings is 2. The number of carboxylic acids is 1. The van der Waals surface area contributed by atoms with Gasteiger partial charge in [0.25, 0.3) is 0 Å². The Hall–Kier alpha value is -2.17. The molecule has 1 saturated heterocycles. The van der Waals surface area contributed by atoms with Crippen molar-refractivity contribution in [1.29, 1.82) is 0 Å². The van der Waals surface area contributed by atoms with E-state index in [2.05, 4.69) is 0 Å². The highest BCUT2D eigenvalue weighted by Gasteiger charge is 2.49. The van der Waals surface area contributed by atoms with E-state index in [1.165, 1.54) is 0 Å². The number of carboxylic acid groups (broad SMARTS) is 1. The van der Waals surface area contributed by atoms with Gasteiger partial charge in [0.05, 0.1) is 18.0 Å². The van der Waals surface area contributed by atoms with Crippen molar-refractivity contribution < 1.29 is 9.90 Å². The Morgan fingerprint density at radius 2 is 1.18 bits per heavy atom. The minimum Gasteiger partial charge on any atom is -0.481 e. The molecule has 0 aromatic heterocycles. The van der Waals surface area contributed by atoms with Crippen LogP contribution in [0, 0.1) is 5.92 Å². The Morgan fingerprint density at radius 3 is 1.50 bits per heavy atom. The van der Waals surface area contributed by atoms with Gasteiger partial charge in [-0.05, 0) is 11.1 Å². The summed E-state index contributed by atoms with van der Waals surface area (Å²) < 4.78 is 0. The highest BCUT2D eigenvalue weighted by molar-refractivity contribution is 5.73. The SMILES string of the molecule is CN1[C@@H](c2ccccc2)C(C(=O)O)[C@H](c2ccccc2)N1C. The van der Waals surface area contributed by atoms with Gasteiger partial charge in [-0.2, -0.15) is 0 Å². The smallest absolute Gasteiger partial charge is 0.310 e. The summed E-state index contributed by atoms with van der Waals surface area (Å²) in [6, 6.07) is 19.4. The van der Waals surface area contributed by atoms with E-state index in [0.29, 0.717) is 0 Å². The normalized spacial score (nSPS) is 23.7. The predicted octanol–water partition coefficient (Wildman–Crippen LogP) is 2.96. The van der Waals surface area contributed by atoms with Gasteiger partial charge < -0.3 is 5.11 Å². The Bertz CT molecular complexity index is 593. The topological polar surface area (TPSA) is 43.8 Å². The van der Waals surface area contributed by atoms with Gasteiger partial charge in [0.15, 0.2) is 0 Å². The Morgan fingerprint density at radius 1 is 0.818 bits per heavy atom. The average Bonchev–Trinajstić information content (AvgIpc) is 2.81. The van der Waals surface area contributed by atoms with E-state index in [9.17, 15) is 9.90 Å². The van der Waals surface area contributed by atoms with Crippen molar-refractivity contribution in [3.05, 3.63) is 71.8 Å². The van der Waals surface area contributed by atoms with Crippen LogP contribution in [0.2, 0.25) is 0 Å². The third-order valence-electron chi connectivity index (χ3n) is 4.55. The van der Waals surface area contributed by atoms with Crippen molar-refractivity contribution in [2.45, 2.75) is 12.1 Å². The third kappa shape index (κ3) is 2.40. The van der Waals surface area contributed by atoms with Crippen molar-refractivity contribution in [3.8, 4) is 0 Å². The number of hydrazine groups is 1. The molecule has 2 aromatic rings. The lowest BCUT2D eigenvalue weighted by atomic mass is 9.85. The molecule has 0 spiro atoms. The molecule has 3 rings (SSSR count). The molecule has 0 unspecified atom stereocenters. The van der Waals surface area contributed by atoms with E-state index in [1.807, 2.05) is 84.8 Å². The highest BCUT2D eigenvalue weighted by atomic mass is 16.4. The molecule has 114 valence electrons. The molecule has 1 aliphatic rings. The Kier molecular flexibility index (Phi) is 3.96. The number of hydrogen-bond donors (Lipinski definition) is 1. The zero-order chi connectivity index (χ0) is 15.7. The van der Waals surface area contributed by atoms with Crippen LogP contribution < -0.4 is 0 Å². The molecule has 0 bridgehead atoms. The first kappa shape index (κ1) is 14.8. The second-order valence-electron chi connectivity index (χ2n) is 5.72. The zero-order valence-corrected chi connectivity index (χ0v) is 12.8. The summed E-state index contributed by atoms with van der Waals surface area (Å²) in [6.07, 6.45) is 0. The molecular formula is C18H20N2O2. The minimum atomic E-state index is -0.765. The summed E-state index contributed by atoms with van der Waals surface area (Å²) in [5, 5.41) is 13.9. The first-order valence-electron chi connectivity index (χ1n) is 7.39. The van der Waals surface area contributed by atoms with Gasteiger partial charge in [-0.3, -0.25) is 4.79 Å². The van der Waals surface area contributed by atoms with Gasteiger partial charge >= 0.3 is 5.97 Å². The molecule has 22 heavy (non-hydrogen) atoms. The van der Waals surface area contributed by atoms with E-state index in [4.69, 9.17) is 0 Å². The summed E-state index contributed by atoms with van der Waals surface area (Å²) >= 11 is 0. The van der Waals surface area contributed by atoms with E-state index in [-0.39, 0.29) is 12.1 Å². The zero-order valence-electron chi connectivity index (χ0n) is 12.8. The monoisotopic (exact) mass is 296 g/mol. The molecule has 0 amide bonds. The largest absolute Gasteiger partial charge is 0.481 e. The summed E-state index contributed by atoms with van der Waals surface area (Å²) in [5.74, 6) is -1.28. The molecule has 0 saturated carbocycles. The fourth-order valence-electron chi connectivity index (χ4n) is 3.45. The van der Waals surface area contributed by atoms with Crippen molar-refractivity contribution >= 4 is 5.97 Å². The lowest BCUT2D eigenvalue weighted by molar-refractivity contribution is -0.143. The quantitative estimate of drug-likeness (QED) is 0.945. The second-order valence-corrected chi connectivity index (χ2v) is 5.72. The van der Waals surface area contributed by atoms with Gasteiger partial charge in [-0.1, -0.05) is 60.7 Å². The fourth-order valence-corrected chi connectivity index (χ4v) is 3.45. The summed E-state index contributed by atoms with van der Waals surface area (Å²) in [5.41, 5.74) is 2.06. The molecule has 4 nitrogen and oxygen atoms in total. The van der Waals surface area contributed by atoms with Crippen LogP contribution in [0.15, 0.2) is 60.7 Å². The first-order chi connectivity index (χ1) is 10.6.